The number of aryl methyl sites for hydroxylation is 2. The Morgan fingerprint density at radius 3 is 2.27 bits per heavy atom. The second kappa shape index (κ2) is 10.5. The number of imidazole rings is 1. The van der Waals surface area contributed by atoms with Crippen molar-refractivity contribution in [2.75, 3.05) is 18.5 Å². The number of hydrogen-bond donors (Lipinski definition) is 5. The maximum atomic E-state index is 10.5. The molecule has 1 aliphatic rings. The third-order valence-electron chi connectivity index (χ3n) is 6.80. The van der Waals surface area contributed by atoms with E-state index in [-0.39, 0.29) is 12.5 Å². The van der Waals surface area contributed by atoms with Gasteiger partial charge in [0.1, 0.15) is 24.1 Å². The summed E-state index contributed by atoms with van der Waals surface area (Å²) in [6.07, 6.45) is -2.86. The molecule has 0 bridgehead atoms. The van der Waals surface area contributed by atoms with Crippen LogP contribution in [0.5, 0.6) is 0 Å². The maximum Gasteiger partial charge on any atom is 0.168 e. The van der Waals surface area contributed by atoms with Gasteiger partial charge in [-0.3, -0.25) is 4.57 Å². The minimum Gasteiger partial charge on any atom is -0.394 e. The van der Waals surface area contributed by atoms with Gasteiger partial charge in [-0.05, 0) is 25.0 Å². The first-order valence-electron chi connectivity index (χ1n) is 12.3. The molecule has 4 atom stereocenters. The Morgan fingerprint density at radius 1 is 1.03 bits per heavy atom. The van der Waals surface area contributed by atoms with Crippen molar-refractivity contribution >= 4 is 17.0 Å². The Morgan fingerprint density at radius 2 is 1.70 bits per heavy atom. The van der Waals surface area contributed by atoms with Crippen LogP contribution in [0.25, 0.3) is 11.2 Å². The van der Waals surface area contributed by atoms with Gasteiger partial charge in [0.25, 0.3) is 0 Å². The van der Waals surface area contributed by atoms with Gasteiger partial charge in [-0.15, -0.1) is 0 Å². The van der Waals surface area contributed by atoms with Gasteiger partial charge < -0.3 is 31.1 Å². The van der Waals surface area contributed by atoms with Crippen LogP contribution in [0.15, 0.2) is 54.9 Å². The van der Waals surface area contributed by atoms with E-state index in [4.69, 9.17) is 10.5 Å². The van der Waals surface area contributed by atoms with E-state index >= 15 is 0 Å². The average Bonchev–Trinajstić information content (AvgIpc) is 3.44. The molecular weight excluding hydrogens is 472 g/mol. The summed E-state index contributed by atoms with van der Waals surface area (Å²) in [5.41, 5.74) is 11.5. The summed E-state index contributed by atoms with van der Waals surface area (Å²) in [5, 5.41) is 33.7. The van der Waals surface area contributed by atoms with E-state index in [9.17, 15) is 15.3 Å². The number of benzene rings is 2. The summed E-state index contributed by atoms with van der Waals surface area (Å²) >= 11 is 0. The molecule has 10 heteroatoms. The lowest BCUT2D eigenvalue weighted by atomic mass is 9.89. The predicted octanol–water partition coefficient (Wildman–Crippen LogP) is 1.76. The molecule has 2 aromatic heterocycles. The third-order valence-corrected chi connectivity index (χ3v) is 6.80. The monoisotopic (exact) mass is 504 g/mol. The second-order valence-electron chi connectivity index (χ2n) is 9.51. The normalized spacial score (nSPS) is 21.7. The Kier molecular flexibility index (Phi) is 7.18. The summed E-state index contributed by atoms with van der Waals surface area (Å²) < 4.78 is 7.24. The van der Waals surface area contributed by atoms with E-state index in [2.05, 4.69) is 82.6 Å². The van der Waals surface area contributed by atoms with Crippen molar-refractivity contribution in [3.8, 4) is 0 Å². The zero-order chi connectivity index (χ0) is 26.1. The number of fused-ring (bicyclic) bond motifs is 1. The zero-order valence-corrected chi connectivity index (χ0v) is 20.8. The van der Waals surface area contributed by atoms with Crippen LogP contribution >= 0.6 is 0 Å². The van der Waals surface area contributed by atoms with Crippen LogP contribution in [0.4, 0.5) is 5.82 Å². The molecule has 6 N–H and O–H groups in total. The van der Waals surface area contributed by atoms with Gasteiger partial charge >= 0.3 is 0 Å². The molecule has 1 fully saturated rings. The molecule has 0 aliphatic carbocycles. The molecule has 10 nitrogen and oxygen atoms in total. The van der Waals surface area contributed by atoms with Crippen molar-refractivity contribution in [2.24, 2.45) is 5.73 Å². The van der Waals surface area contributed by atoms with Gasteiger partial charge in [-0.2, -0.15) is 0 Å². The molecule has 0 radical (unpaired) electrons. The van der Waals surface area contributed by atoms with Gasteiger partial charge in [0.05, 0.1) is 19.5 Å². The molecule has 0 spiro atoms. The van der Waals surface area contributed by atoms with E-state index in [0.717, 1.165) is 0 Å². The molecule has 3 heterocycles. The third kappa shape index (κ3) is 4.94. The predicted molar refractivity (Wildman–Crippen MR) is 139 cm³/mol. The highest BCUT2D eigenvalue weighted by Crippen LogP contribution is 2.33. The molecule has 1 saturated heterocycles. The molecule has 2 aromatic carbocycles. The number of nitrogens with zero attached hydrogens (tertiary/aromatic N) is 4. The Bertz CT molecular complexity index is 1350. The smallest absolute Gasteiger partial charge is 0.168 e. The van der Waals surface area contributed by atoms with Gasteiger partial charge in [0.2, 0.25) is 0 Å². The lowest BCUT2D eigenvalue weighted by Gasteiger charge is -2.21. The van der Waals surface area contributed by atoms with Crippen LogP contribution in [0.1, 0.15) is 40.2 Å². The van der Waals surface area contributed by atoms with E-state index in [0.29, 0.717) is 29.4 Å². The summed E-state index contributed by atoms with van der Waals surface area (Å²) in [4.78, 5) is 13.6. The zero-order valence-electron chi connectivity index (χ0n) is 20.8. The van der Waals surface area contributed by atoms with E-state index < -0.39 is 31.1 Å². The van der Waals surface area contributed by atoms with Crippen molar-refractivity contribution in [1.82, 2.24) is 19.5 Å². The molecule has 5 rings (SSSR count). The Hall–Kier alpha value is -3.41. The average molecular weight is 505 g/mol. The summed E-state index contributed by atoms with van der Waals surface area (Å²) in [5.74, 6) is 0.959. The van der Waals surface area contributed by atoms with E-state index in [1.807, 2.05) is 0 Å². The van der Waals surface area contributed by atoms with Crippen LogP contribution in [0.2, 0.25) is 0 Å². The first kappa shape index (κ1) is 25.2. The van der Waals surface area contributed by atoms with Crippen LogP contribution in [0.3, 0.4) is 0 Å². The number of anilines is 1. The first-order valence-corrected chi connectivity index (χ1v) is 12.3. The fourth-order valence-corrected chi connectivity index (χ4v) is 4.87. The standard InChI is InChI=1S/C27H32N6O4/c1-15-5-3-7-17(9-15)19(18-8-4-6-16(2)10-18)12-29-25-22-26(32-21(11-28)31-25)33(14-30-22)27-24(36)23(35)20(13-34)37-27/h3-10,14,19-20,23-24,27,34-36H,11-13,28H2,1-2H3,(H,29,31,32)/t20?,23?,24-,27-/m1/s1. The van der Waals surface area contributed by atoms with E-state index in [1.165, 1.54) is 28.6 Å². The van der Waals surface area contributed by atoms with Crippen LogP contribution in [-0.4, -0.2) is 66.3 Å². The molecule has 0 saturated carbocycles. The van der Waals surface area contributed by atoms with Crippen molar-refractivity contribution < 1.29 is 20.1 Å². The topological polar surface area (TPSA) is 152 Å². The lowest BCUT2D eigenvalue weighted by Crippen LogP contribution is -2.33. The fourth-order valence-electron chi connectivity index (χ4n) is 4.87. The highest BCUT2D eigenvalue weighted by Gasteiger charge is 2.44. The van der Waals surface area contributed by atoms with Crippen molar-refractivity contribution in [1.29, 1.82) is 0 Å². The van der Waals surface area contributed by atoms with Gasteiger partial charge in [-0.1, -0.05) is 59.7 Å². The minimum absolute atomic E-state index is 0.0497. The first-order chi connectivity index (χ1) is 17.9. The Labute approximate surface area is 214 Å². The second-order valence-corrected chi connectivity index (χ2v) is 9.51. The Balaban J connectivity index is 1.50. The number of hydrogen-bond acceptors (Lipinski definition) is 9. The molecule has 1 aliphatic heterocycles. The minimum atomic E-state index is -1.26. The van der Waals surface area contributed by atoms with Crippen molar-refractivity contribution in [3.63, 3.8) is 0 Å². The molecule has 0 amide bonds. The number of aromatic nitrogens is 4. The van der Waals surface area contributed by atoms with Crippen molar-refractivity contribution in [3.05, 3.63) is 82.9 Å². The van der Waals surface area contributed by atoms with Gasteiger partial charge in [-0.25, -0.2) is 15.0 Å². The fraction of sp³-hybridized carbons (Fsp3) is 0.370. The van der Waals surface area contributed by atoms with Gasteiger partial charge in [0.15, 0.2) is 23.2 Å². The number of rotatable bonds is 8. The largest absolute Gasteiger partial charge is 0.394 e. The SMILES string of the molecule is Cc1cccc(C(CNc2nc(CN)nc3c2ncn3[C@@H]2OC(CO)C(O)[C@H]2O)c2cccc(C)c2)c1. The van der Waals surface area contributed by atoms with E-state index in [1.54, 1.807) is 4.57 Å². The summed E-state index contributed by atoms with van der Waals surface area (Å²) in [6, 6.07) is 16.9. The number of aliphatic hydroxyl groups excluding tert-OH is 3. The highest BCUT2D eigenvalue weighted by molar-refractivity contribution is 5.83. The van der Waals surface area contributed by atoms with Crippen molar-refractivity contribution in [2.45, 2.75) is 50.8 Å². The number of nitrogens with two attached hydrogens (primary N) is 1. The number of aliphatic hydroxyl groups is 3. The molecule has 194 valence electrons. The van der Waals surface area contributed by atoms with Crippen LogP contribution in [0, 0.1) is 13.8 Å². The molecular formula is C27H32N6O4. The quantitative estimate of drug-likeness (QED) is 0.242. The number of ether oxygens (including phenoxy) is 1. The summed E-state index contributed by atoms with van der Waals surface area (Å²) in [7, 11) is 0. The highest BCUT2D eigenvalue weighted by atomic mass is 16.6. The van der Waals surface area contributed by atoms with Crippen LogP contribution in [-0.2, 0) is 11.3 Å². The number of nitrogens with one attached hydrogen (secondary N) is 1. The van der Waals surface area contributed by atoms with Gasteiger partial charge in [0, 0.05) is 12.5 Å². The molecule has 2 unspecified atom stereocenters. The van der Waals surface area contributed by atoms with Crippen LogP contribution < -0.4 is 11.1 Å². The molecule has 4 aromatic rings. The summed E-state index contributed by atoms with van der Waals surface area (Å²) in [6.45, 7) is 4.39. The molecule has 37 heavy (non-hydrogen) atoms. The maximum absolute atomic E-state index is 10.5. The lowest BCUT2D eigenvalue weighted by molar-refractivity contribution is -0.0511.